The van der Waals surface area contributed by atoms with Gasteiger partial charge in [-0.2, -0.15) is 0 Å². The van der Waals surface area contributed by atoms with Crippen LogP contribution in [0.2, 0.25) is 0 Å². The van der Waals surface area contributed by atoms with Gasteiger partial charge >= 0.3 is 5.97 Å². The van der Waals surface area contributed by atoms with E-state index < -0.39 is 11.5 Å². The number of hydrogen-bond donors (Lipinski definition) is 2. The molecule has 1 rings (SSSR count). The lowest BCUT2D eigenvalue weighted by atomic mass is 9.91. The molecule has 124 valence electrons. The van der Waals surface area contributed by atoms with Crippen LogP contribution < -0.4 is 5.32 Å². The number of likely N-dealkylation sites (N-methyl/N-ethyl adjacent to an activating group) is 1. The molecule has 1 aliphatic heterocycles. The zero-order valence-electron chi connectivity index (χ0n) is 14.5. The molecule has 3 atom stereocenters. The van der Waals surface area contributed by atoms with Crippen molar-refractivity contribution < 1.29 is 9.90 Å². The first-order chi connectivity index (χ1) is 9.65. The van der Waals surface area contributed by atoms with E-state index in [0.29, 0.717) is 12.5 Å². The predicted molar refractivity (Wildman–Crippen MR) is 86.7 cm³/mol. The van der Waals surface area contributed by atoms with E-state index in [0.717, 1.165) is 26.1 Å². The molecule has 0 bridgehead atoms. The molecule has 0 aromatic rings. The lowest BCUT2D eigenvalue weighted by Crippen LogP contribution is -2.56. The van der Waals surface area contributed by atoms with E-state index in [2.05, 4.69) is 36.0 Å². The zero-order valence-corrected chi connectivity index (χ0v) is 14.5. The molecule has 1 fully saturated rings. The van der Waals surface area contributed by atoms with Gasteiger partial charge in [-0.25, -0.2) is 0 Å². The van der Waals surface area contributed by atoms with Crippen molar-refractivity contribution >= 4 is 5.97 Å². The van der Waals surface area contributed by atoms with Gasteiger partial charge in [-0.15, -0.1) is 0 Å². The maximum absolute atomic E-state index is 11.7. The molecule has 5 heteroatoms. The summed E-state index contributed by atoms with van der Waals surface area (Å²) in [7, 11) is 2.16. The first-order valence-electron chi connectivity index (χ1n) is 8.11. The van der Waals surface area contributed by atoms with Crippen molar-refractivity contribution in [1.82, 2.24) is 15.1 Å². The van der Waals surface area contributed by atoms with Crippen LogP contribution in [0.3, 0.4) is 0 Å². The van der Waals surface area contributed by atoms with Crippen molar-refractivity contribution in [1.29, 1.82) is 0 Å². The maximum Gasteiger partial charge on any atom is 0.323 e. The highest BCUT2D eigenvalue weighted by Gasteiger charge is 2.37. The Kier molecular flexibility index (Phi) is 6.63. The number of aliphatic carboxylic acids is 1. The van der Waals surface area contributed by atoms with E-state index in [4.69, 9.17) is 0 Å². The third-order valence-corrected chi connectivity index (χ3v) is 4.45. The molecular weight excluding hydrogens is 266 g/mol. The second-order valence-electron chi connectivity index (χ2n) is 7.19. The highest BCUT2D eigenvalue weighted by atomic mass is 16.4. The van der Waals surface area contributed by atoms with Crippen molar-refractivity contribution in [2.45, 2.75) is 71.1 Å². The molecule has 1 heterocycles. The molecule has 0 amide bonds. The lowest BCUT2D eigenvalue weighted by Gasteiger charge is -2.38. The van der Waals surface area contributed by atoms with Crippen molar-refractivity contribution in [3.05, 3.63) is 0 Å². The molecule has 21 heavy (non-hydrogen) atoms. The number of nitrogens with one attached hydrogen (secondary N) is 1. The largest absolute Gasteiger partial charge is 0.480 e. The van der Waals surface area contributed by atoms with Crippen molar-refractivity contribution in [3.63, 3.8) is 0 Å². The number of carboxylic acids is 1. The van der Waals surface area contributed by atoms with E-state index in [9.17, 15) is 9.90 Å². The summed E-state index contributed by atoms with van der Waals surface area (Å²) in [6.07, 6.45) is 1.77. The van der Waals surface area contributed by atoms with E-state index in [1.54, 1.807) is 6.92 Å². The fourth-order valence-corrected chi connectivity index (χ4v) is 3.60. The Hall–Kier alpha value is -0.650. The average Bonchev–Trinajstić information content (AvgIpc) is 2.48. The van der Waals surface area contributed by atoms with Crippen molar-refractivity contribution in [2.24, 2.45) is 0 Å². The fourth-order valence-electron chi connectivity index (χ4n) is 3.60. The Balaban J connectivity index is 2.76. The quantitative estimate of drug-likeness (QED) is 0.781. The maximum atomic E-state index is 11.7. The highest BCUT2D eigenvalue weighted by Crippen LogP contribution is 2.21. The van der Waals surface area contributed by atoms with Gasteiger partial charge in [0.25, 0.3) is 0 Å². The first kappa shape index (κ1) is 18.4. The highest BCUT2D eigenvalue weighted by molar-refractivity contribution is 5.78. The second-order valence-corrected chi connectivity index (χ2v) is 7.19. The average molecular weight is 299 g/mol. The molecule has 0 aromatic heterocycles. The van der Waals surface area contributed by atoms with Gasteiger partial charge < -0.3 is 10.0 Å². The minimum absolute atomic E-state index is 0.158. The number of carbonyl (C=O) groups is 1. The van der Waals surface area contributed by atoms with Gasteiger partial charge in [-0.3, -0.25) is 15.0 Å². The third kappa shape index (κ3) is 5.24. The molecule has 0 radical (unpaired) electrons. The van der Waals surface area contributed by atoms with Crippen LogP contribution in [-0.2, 0) is 4.79 Å². The Bertz CT molecular complexity index is 348. The van der Waals surface area contributed by atoms with E-state index in [1.807, 2.05) is 13.8 Å². The summed E-state index contributed by atoms with van der Waals surface area (Å²) in [6.45, 7) is 13.4. The fraction of sp³-hybridized carbons (Fsp3) is 0.938. The predicted octanol–water partition coefficient (Wildman–Crippen LogP) is 1.63. The molecule has 3 unspecified atom stereocenters. The monoisotopic (exact) mass is 299 g/mol. The molecular formula is C16H33N3O2. The number of rotatable bonds is 6. The minimum Gasteiger partial charge on any atom is -0.480 e. The molecule has 1 aliphatic rings. The topological polar surface area (TPSA) is 55.8 Å². The third-order valence-electron chi connectivity index (χ3n) is 4.45. The van der Waals surface area contributed by atoms with Crippen molar-refractivity contribution in [3.8, 4) is 0 Å². The summed E-state index contributed by atoms with van der Waals surface area (Å²) >= 11 is 0. The van der Waals surface area contributed by atoms with Crippen LogP contribution >= 0.6 is 0 Å². The molecule has 0 aliphatic carbocycles. The van der Waals surface area contributed by atoms with Gasteiger partial charge in [0.1, 0.15) is 5.54 Å². The Labute approximate surface area is 129 Å². The van der Waals surface area contributed by atoms with Crippen LogP contribution in [0, 0.1) is 0 Å². The van der Waals surface area contributed by atoms with Gasteiger partial charge in [-0.05, 0) is 67.6 Å². The van der Waals surface area contributed by atoms with Crippen LogP contribution in [-0.4, -0.2) is 71.2 Å². The molecule has 1 saturated heterocycles. The van der Waals surface area contributed by atoms with Gasteiger partial charge in [0, 0.05) is 24.7 Å². The zero-order chi connectivity index (χ0) is 16.2. The molecule has 0 saturated carbocycles. The van der Waals surface area contributed by atoms with Crippen LogP contribution in [0.4, 0.5) is 0 Å². The van der Waals surface area contributed by atoms with Gasteiger partial charge in [0.15, 0.2) is 0 Å². The first-order valence-corrected chi connectivity index (χ1v) is 8.11. The van der Waals surface area contributed by atoms with Crippen LogP contribution in [0.1, 0.15) is 47.5 Å². The van der Waals surface area contributed by atoms with Crippen molar-refractivity contribution in [2.75, 3.05) is 26.7 Å². The number of hydrogen-bond acceptors (Lipinski definition) is 4. The summed E-state index contributed by atoms with van der Waals surface area (Å²) in [5.41, 5.74) is -0.870. The summed E-state index contributed by atoms with van der Waals surface area (Å²) < 4.78 is 0. The van der Waals surface area contributed by atoms with Crippen LogP contribution in [0.15, 0.2) is 0 Å². The summed E-state index contributed by atoms with van der Waals surface area (Å²) in [5.74, 6) is -0.761. The normalized spacial score (nSPS) is 26.3. The molecule has 0 spiro atoms. The Morgan fingerprint density at radius 1 is 1.38 bits per heavy atom. The minimum atomic E-state index is -0.870. The van der Waals surface area contributed by atoms with E-state index in [1.165, 1.54) is 0 Å². The second kappa shape index (κ2) is 7.56. The summed E-state index contributed by atoms with van der Waals surface area (Å²) in [6, 6.07) is 0.870. The molecule has 0 aromatic carbocycles. The lowest BCUT2D eigenvalue weighted by molar-refractivity contribution is -0.145. The smallest absolute Gasteiger partial charge is 0.323 e. The summed E-state index contributed by atoms with van der Waals surface area (Å²) in [5, 5.41) is 12.8. The van der Waals surface area contributed by atoms with Gasteiger partial charge in [0.2, 0.25) is 0 Å². The van der Waals surface area contributed by atoms with E-state index in [-0.39, 0.29) is 12.1 Å². The van der Waals surface area contributed by atoms with Crippen LogP contribution in [0.5, 0.6) is 0 Å². The standard InChI is InChI=1S/C16H33N3O2/c1-12(2)17-16(5,15(20)21)10-13(3)19-9-7-8-18(6)11-14(19)4/h12-14,17H,7-11H2,1-6H3,(H,20,21). The van der Waals surface area contributed by atoms with Gasteiger partial charge in [0.05, 0.1) is 0 Å². The Morgan fingerprint density at radius 3 is 2.52 bits per heavy atom. The SMILES string of the molecule is CC(C)NC(C)(CC(C)N1CCCN(C)CC1C)C(=O)O. The summed E-state index contributed by atoms with van der Waals surface area (Å²) in [4.78, 5) is 16.5. The van der Waals surface area contributed by atoms with E-state index >= 15 is 0 Å². The van der Waals surface area contributed by atoms with Crippen LogP contribution in [0.25, 0.3) is 0 Å². The molecule has 2 N–H and O–H groups in total. The number of nitrogens with zero attached hydrogens (tertiary/aromatic N) is 2. The van der Waals surface area contributed by atoms with Gasteiger partial charge in [-0.1, -0.05) is 0 Å². The number of carboxylic acid groups (broad SMARTS) is 1. The molecule has 5 nitrogen and oxygen atoms in total. The Morgan fingerprint density at radius 2 is 2.00 bits per heavy atom.